The monoisotopic (exact) mass is 335 g/mol. The third kappa shape index (κ3) is 4.23. The Hall–Kier alpha value is -2.15. The highest BCUT2D eigenvalue weighted by molar-refractivity contribution is 5.74. The van der Waals surface area contributed by atoms with Crippen LogP contribution >= 0.6 is 0 Å². The molecule has 2 N–H and O–H groups in total. The second kappa shape index (κ2) is 7.61. The van der Waals surface area contributed by atoms with Gasteiger partial charge in [0.25, 0.3) is 5.69 Å². The van der Waals surface area contributed by atoms with E-state index in [2.05, 4.69) is 5.32 Å². The average molecular weight is 335 g/mol. The Balaban J connectivity index is 1.97. The largest absolute Gasteiger partial charge is 0.393 e. The molecule has 132 valence electrons. The summed E-state index contributed by atoms with van der Waals surface area (Å²) in [7, 11) is 0. The van der Waals surface area contributed by atoms with Crippen molar-refractivity contribution in [2.75, 3.05) is 13.1 Å². The number of aliphatic hydroxyl groups excluding tert-OH is 1. The van der Waals surface area contributed by atoms with E-state index in [-0.39, 0.29) is 29.8 Å². The molecule has 1 aliphatic heterocycles. The molecule has 1 aromatic rings. The first-order valence-corrected chi connectivity index (χ1v) is 8.28. The Morgan fingerprint density at radius 2 is 2.00 bits per heavy atom. The molecule has 2 rings (SSSR count). The zero-order valence-corrected chi connectivity index (χ0v) is 14.4. The van der Waals surface area contributed by atoms with Crippen LogP contribution in [0.4, 0.5) is 10.5 Å². The van der Waals surface area contributed by atoms with E-state index in [1.807, 2.05) is 6.92 Å². The number of carbonyl (C=O) groups excluding carboxylic acids is 1. The molecule has 0 bridgehead atoms. The summed E-state index contributed by atoms with van der Waals surface area (Å²) in [6.07, 6.45) is 1.23. The highest BCUT2D eigenvalue weighted by Gasteiger charge is 2.26. The van der Waals surface area contributed by atoms with Crippen molar-refractivity contribution in [3.63, 3.8) is 0 Å². The maximum atomic E-state index is 12.4. The van der Waals surface area contributed by atoms with Gasteiger partial charge in [0.2, 0.25) is 0 Å². The van der Waals surface area contributed by atoms with Gasteiger partial charge in [-0.05, 0) is 45.1 Å². The molecule has 1 heterocycles. The molecule has 0 saturated carbocycles. The fourth-order valence-electron chi connectivity index (χ4n) is 3.04. The van der Waals surface area contributed by atoms with Crippen LogP contribution in [0.3, 0.4) is 0 Å². The lowest BCUT2D eigenvalue weighted by molar-refractivity contribution is -0.385. The van der Waals surface area contributed by atoms with Gasteiger partial charge in [-0.25, -0.2) is 4.79 Å². The minimum atomic E-state index is -0.409. The Morgan fingerprint density at radius 1 is 1.38 bits per heavy atom. The van der Waals surface area contributed by atoms with E-state index in [0.717, 1.165) is 12.8 Å². The Morgan fingerprint density at radius 3 is 2.54 bits per heavy atom. The highest BCUT2D eigenvalue weighted by Crippen LogP contribution is 2.24. The molecule has 2 atom stereocenters. The summed E-state index contributed by atoms with van der Waals surface area (Å²) in [4.78, 5) is 24.7. The molecule has 7 heteroatoms. The maximum Gasteiger partial charge on any atom is 0.317 e. The van der Waals surface area contributed by atoms with E-state index in [1.165, 1.54) is 6.07 Å². The molecule has 7 nitrogen and oxygen atoms in total. The van der Waals surface area contributed by atoms with Crippen molar-refractivity contribution in [1.82, 2.24) is 10.2 Å². The van der Waals surface area contributed by atoms with E-state index in [4.69, 9.17) is 0 Å². The number of rotatable bonds is 4. The number of nitrogens with zero attached hydrogens (tertiary/aromatic N) is 2. The van der Waals surface area contributed by atoms with Crippen LogP contribution in [-0.2, 0) is 0 Å². The minimum absolute atomic E-state index is 0.0614. The first-order valence-electron chi connectivity index (χ1n) is 8.28. The van der Waals surface area contributed by atoms with Crippen LogP contribution in [0.2, 0.25) is 0 Å². The van der Waals surface area contributed by atoms with Crippen molar-refractivity contribution in [2.45, 2.75) is 45.8 Å². The number of nitro groups is 1. The summed E-state index contributed by atoms with van der Waals surface area (Å²) >= 11 is 0. The number of urea groups is 1. The molecule has 0 aromatic heterocycles. The van der Waals surface area contributed by atoms with E-state index < -0.39 is 4.92 Å². The molecule has 2 unspecified atom stereocenters. The zero-order chi connectivity index (χ0) is 17.9. The van der Waals surface area contributed by atoms with Crippen LogP contribution in [0.25, 0.3) is 0 Å². The van der Waals surface area contributed by atoms with Crippen LogP contribution in [0.5, 0.6) is 0 Å². The lowest BCUT2D eigenvalue weighted by atomic mass is 9.92. The number of carbonyl (C=O) groups is 1. The zero-order valence-electron chi connectivity index (χ0n) is 14.4. The second-order valence-electron chi connectivity index (χ2n) is 6.54. The third-order valence-corrected chi connectivity index (χ3v) is 4.78. The summed E-state index contributed by atoms with van der Waals surface area (Å²) in [5, 5.41) is 23.6. The van der Waals surface area contributed by atoms with Crippen LogP contribution in [0.15, 0.2) is 18.2 Å². The van der Waals surface area contributed by atoms with Crippen molar-refractivity contribution in [3.05, 3.63) is 39.4 Å². The van der Waals surface area contributed by atoms with Gasteiger partial charge in [-0.3, -0.25) is 10.1 Å². The molecule has 1 saturated heterocycles. The summed E-state index contributed by atoms with van der Waals surface area (Å²) in [5.41, 5.74) is 1.37. The van der Waals surface area contributed by atoms with E-state index >= 15 is 0 Å². The molecule has 24 heavy (non-hydrogen) atoms. The summed E-state index contributed by atoms with van der Waals surface area (Å²) in [5.74, 6) is 0.242. The molecule has 0 spiro atoms. The fraction of sp³-hybridized carbons (Fsp3) is 0.588. The predicted molar refractivity (Wildman–Crippen MR) is 90.8 cm³/mol. The second-order valence-corrected chi connectivity index (χ2v) is 6.54. The molecule has 1 aromatic carbocycles. The van der Waals surface area contributed by atoms with Gasteiger partial charge in [-0.1, -0.05) is 12.1 Å². The molecule has 0 aliphatic carbocycles. The first kappa shape index (κ1) is 18.2. The topological polar surface area (TPSA) is 95.7 Å². The number of amides is 2. The lowest BCUT2D eigenvalue weighted by Gasteiger charge is -2.34. The van der Waals surface area contributed by atoms with Gasteiger partial charge in [0.05, 0.1) is 17.1 Å². The van der Waals surface area contributed by atoms with E-state index in [9.17, 15) is 20.0 Å². The number of benzene rings is 1. The number of hydrogen-bond acceptors (Lipinski definition) is 4. The number of likely N-dealkylation sites (tertiary alicyclic amines) is 1. The standard InChI is InChI=1S/C17H25N3O4/c1-11-4-5-15(10-16(11)20(23)24)12(2)18-17(22)19-8-6-14(7-9-19)13(3)21/h4-5,10,12-14,21H,6-9H2,1-3H3,(H,18,22). The Bertz CT molecular complexity index is 610. The summed E-state index contributed by atoms with van der Waals surface area (Å²) in [6, 6.07) is 4.53. The van der Waals surface area contributed by atoms with Gasteiger partial charge in [0, 0.05) is 24.7 Å². The smallest absolute Gasteiger partial charge is 0.317 e. The van der Waals surface area contributed by atoms with Gasteiger partial charge in [0.15, 0.2) is 0 Å². The fourth-order valence-corrected chi connectivity index (χ4v) is 3.04. The normalized spacial score (nSPS) is 18.1. The SMILES string of the molecule is Cc1ccc(C(C)NC(=O)N2CCC(C(C)O)CC2)cc1[N+](=O)[O-]. The van der Waals surface area contributed by atoms with Crippen molar-refractivity contribution in [1.29, 1.82) is 0 Å². The van der Waals surface area contributed by atoms with Gasteiger partial charge in [0.1, 0.15) is 0 Å². The van der Waals surface area contributed by atoms with Crippen LogP contribution in [-0.4, -0.2) is 40.2 Å². The molecule has 2 amide bonds. The number of aliphatic hydroxyl groups is 1. The van der Waals surface area contributed by atoms with Crippen molar-refractivity contribution >= 4 is 11.7 Å². The van der Waals surface area contributed by atoms with E-state index in [1.54, 1.807) is 30.9 Å². The van der Waals surface area contributed by atoms with Crippen molar-refractivity contribution < 1.29 is 14.8 Å². The van der Waals surface area contributed by atoms with E-state index in [0.29, 0.717) is 24.2 Å². The quantitative estimate of drug-likeness (QED) is 0.653. The highest BCUT2D eigenvalue weighted by atomic mass is 16.6. The predicted octanol–water partition coefficient (Wildman–Crippen LogP) is 2.77. The Kier molecular flexibility index (Phi) is 5.77. The van der Waals surface area contributed by atoms with Gasteiger partial charge >= 0.3 is 6.03 Å². The van der Waals surface area contributed by atoms with Gasteiger partial charge in [-0.2, -0.15) is 0 Å². The molecular formula is C17H25N3O4. The average Bonchev–Trinajstić information content (AvgIpc) is 2.54. The van der Waals surface area contributed by atoms with Gasteiger partial charge in [-0.15, -0.1) is 0 Å². The first-order chi connectivity index (χ1) is 11.3. The lowest BCUT2D eigenvalue weighted by Crippen LogP contribution is -2.46. The van der Waals surface area contributed by atoms with Crippen LogP contribution < -0.4 is 5.32 Å². The summed E-state index contributed by atoms with van der Waals surface area (Å²) in [6.45, 7) is 6.52. The number of hydrogen-bond donors (Lipinski definition) is 2. The molecule has 1 aliphatic rings. The van der Waals surface area contributed by atoms with Gasteiger partial charge < -0.3 is 15.3 Å². The number of aryl methyl sites for hydroxylation is 1. The Labute approximate surface area is 141 Å². The molecule has 0 radical (unpaired) electrons. The molecule has 1 fully saturated rings. The van der Waals surface area contributed by atoms with Crippen molar-refractivity contribution in [2.24, 2.45) is 5.92 Å². The van der Waals surface area contributed by atoms with Crippen LogP contribution in [0, 0.1) is 23.0 Å². The molecular weight excluding hydrogens is 310 g/mol. The van der Waals surface area contributed by atoms with Crippen molar-refractivity contribution in [3.8, 4) is 0 Å². The maximum absolute atomic E-state index is 12.4. The number of piperidine rings is 1. The third-order valence-electron chi connectivity index (χ3n) is 4.78. The number of nitro benzene ring substituents is 1. The summed E-state index contributed by atoms with van der Waals surface area (Å²) < 4.78 is 0. The number of nitrogens with one attached hydrogen (secondary N) is 1. The minimum Gasteiger partial charge on any atom is -0.393 e. The van der Waals surface area contributed by atoms with Crippen LogP contribution in [0.1, 0.15) is 43.9 Å².